The van der Waals surface area contributed by atoms with Crippen LogP contribution in [-0.4, -0.2) is 33.6 Å². The maximum Gasteiger partial charge on any atom is 0.243 e. The van der Waals surface area contributed by atoms with Crippen molar-refractivity contribution in [3.8, 4) is 5.75 Å². The molecule has 0 amide bonds. The number of methoxy groups -OCH3 is 1. The Morgan fingerprint density at radius 2 is 2.00 bits per heavy atom. The zero-order chi connectivity index (χ0) is 17.2. The Kier molecular flexibility index (Phi) is 4.31. The van der Waals surface area contributed by atoms with Crippen molar-refractivity contribution >= 4 is 17.7 Å². The lowest BCUT2D eigenvalue weighted by atomic mass is 9.93. The quantitative estimate of drug-likeness (QED) is 0.724. The highest BCUT2D eigenvalue weighted by Crippen LogP contribution is 2.38. The van der Waals surface area contributed by atoms with Gasteiger partial charge in [0.15, 0.2) is 0 Å². The molecule has 0 bridgehead atoms. The Morgan fingerprint density at radius 1 is 1.16 bits per heavy atom. The monoisotopic (exact) mass is 353 g/mol. The summed E-state index contributed by atoms with van der Waals surface area (Å²) in [6, 6.07) is 17.0. The Morgan fingerprint density at radius 3 is 2.76 bits per heavy atom. The van der Waals surface area contributed by atoms with Crippen molar-refractivity contribution in [2.45, 2.75) is 23.4 Å². The maximum absolute atomic E-state index is 5.36. The fraction of sp³-hybridized carbons (Fsp3) is 0.278. The van der Waals surface area contributed by atoms with Gasteiger partial charge >= 0.3 is 0 Å². The van der Waals surface area contributed by atoms with Gasteiger partial charge in [-0.15, -0.1) is 11.8 Å². The number of hydrogen-bond acceptors (Lipinski definition) is 6. The van der Waals surface area contributed by atoms with Crippen LogP contribution in [0, 0.1) is 0 Å². The van der Waals surface area contributed by atoms with E-state index >= 15 is 0 Å². The van der Waals surface area contributed by atoms with Crippen molar-refractivity contribution in [2.24, 2.45) is 0 Å². The Balaban J connectivity index is 1.69. The lowest BCUT2D eigenvalue weighted by Gasteiger charge is -2.31. The van der Waals surface area contributed by atoms with E-state index in [4.69, 9.17) is 4.74 Å². The molecule has 2 aromatic carbocycles. The van der Waals surface area contributed by atoms with Gasteiger partial charge < -0.3 is 10.1 Å². The predicted octanol–water partition coefficient (Wildman–Crippen LogP) is 3.55. The first-order valence-electron chi connectivity index (χ1n) is 8.11. The fourth-order valence-electron chi connectivity index (χ4n) is 3.22. The molecule has 0 saturated carbocycles. The van der Waals surface area contributed by atoms with Crippen LogP contribution in [0.3, 0.4) is 0 Å². The molecule has 1 N–H and O–H groups in total. The lowest BCUT2D eigenvalue weighted by molar-refractivity contribution is 0.408. The molecule has 1 aromatic heterocycles. The first kappa shape index (κ1) is 16.0. The second-order valence-electron chi connectivity index (χ2n) is 5.95. The molecule has 2 heterocycles. The first-order valence-corrected chi connectivity index (χ1v) is 9.33. The van der Waals surface area contributed by atoms with E-state index in [1.807, 2.05) is 16.8 Å². The number of hydrogen-bond donors (Lipinski definition) is 1. The molecule has 3 aromatic rings. The minimum absolute atomic E-state index is 0.0957. The summed E-state index contributed by atoms with van der Waals surface area (Å²) in [4.78, 5) is 1.25. The molecule has 0 aliphatic carbocycles. The minimum Gasteiger partial charge on any atom is -0.497 e. The van der Waals surface area contributed by atoms with Crippen molar-refractivity contribution < 1.29 is 4.74 Å². The maximum atomic E-state index is 5.36. The molecule has 1 aliphatic heterocycles. The van der Waals surface area contributed by atoms with E-state index in [-0.39, 0.29) is 12.1 Å². The van der Waals surface area contributed by atoms with Gasteiger partial charge in [-0.25, -0.2) is 4.68 Å². The van der Waals surface area contributed by atoms with Crippen LogP contribution in [0.15, 0.2) is 53.4 Å². The molecule has 0 spiro atoms. The van der Waals surface area contributed by atoms with Crippen LogP contribution in [0.1, 0.15) is 29.6 Å². The highest BCUT2D eigenvalue weighted by atomic mass is 32.2. The summed E-state index contributed by atoms with van der Waals surface area (Å²) in [6.07, 6.45) is 2.95. The predicted molar refractivity (Wildman–Crippen MR) is 98.2 cm³/mol. The van der Waals surface area contributed by atoms with Gasteiger partial charge in [0, 0.05) is 4.90 Å². The van der Waals surface area contributed by atoms with Gasteiger partial charge in [0.2, 0.25) is 5.95 Å². The molecular weight excluding hydrogens is 334 g/mol. The number of anilines is 1. The Hall–Kier alpha value is -2.54. The molecule has 0 unspecified atom stereocenters. The van der Waals surface area contributed by atoms with E-state index in [0.29, 0.717) is 5.95 Å². The molecule has 0 radical (unpaired) electrons. The van der Waals surface area contributed by atoms with Crippen LogP contribution in [0.2, 0.25) is 0 Å². The van der Waals surface area contributed by atoms with Crippen LogP contribution < -0.4 is 10.1 Å². The standard InChI is InChI=1S/C18H19N5OS/c1-24-14-5-3-4-13(10-14)16-11-17(23-18(19-16)20-21-22-23)12-6-8-15(25-2)9-7-12/h3-10,16-17H,11H2,1-2H3,(H,19,20,22)/t16-,17+/m0/s1. The van der Waals surface area contributed by atoms with E-state index in [2.05, 4.69) is 63.5 Å². The molecule has 0 saturated heterocycles. The van der Waals surface area contributed by atoms with Crippen LogP contribution in [0.4, 0.5) is 5.95 Å². The molecule has 2 atom stereocenters. The summed E-state index contributed by atoms with van der Waals surface area (Å²) in [5.74, 6) is 1.54. The number of thioether (sulfide) groups is 1. The van der Waals surface area contributed by atoms with Crippen molar-refractivity contribution in [1.29, 1.82) is 0 Å². The molecule has 128 valence electrons. The molecule has 4 rings (SSSR count). The van der Waals surface area contributed by atoms with Crippen molar-refractivity contribution in [3.63, 3.8) is 0 Å². The van der Waals surface area contributed by atoms with Crippen LogP contribution >= 0.6 is 11.8 Å². The number of tetrazole rings is 1. The molecule has 6 nitrogen and oxygen atoms in total. The van der Waals surface area contributed by atoms with E-state index in [0.717, 1.165) is 12.2 Å². The molecule has 1 aliphatic rings. The number of ether oxygens (including phenoxy) is 1. The summed E-state index contributed by atoms with van der Waals surface area (Å²) >= 11 is 1.74. The van der Waals surface area contributed by atoms with Crippen molar-refractivity contribution in [2.75, 3.05) is 18.7 Å². The fourth-order valence-corrected chi connectivity index (χ4v) is 3.63. The van der Waals surface area contributed by atoms with Crippen LogP contribution in [-0.2, 0) is 0 Å². The molecule has 25 heavy (non-hydrogen) atoms. The molecular formula is C18H19N5OS. The van der Waals surface area contributed by atoms with E-state index in [1.54, 1.807) is 18.9 Å². The number of benzene rings is 2. The summed E-state index contributed by atoms with van der Waals surface area (Å²) < 4.78 is 7.23. The van der Waals surface area contributed by atoms with Gasteiger partial charge in [0.1, 0.15) is 5.75 Å². The SMILES string of the molecule is COc1cccc([C@@H]2C[C@H](c3ccc(SC)cc3)n3nnnc3N2)c1. The van der Waals surface area contributed by atoms with Gasteiger partial charge in [-0.3, -0.25) is 0 Å². The summed E-state index contributed by atoms with van der Waals surface area (Å²) in [5.41, 5.74) is 2.38. The topological polar surface area (TPSA) is 64.9 Å². The number of nitrogens with zero attached hydrogens (tertiary/aromatic N) is 4. The third kappa shape index (κ3) is 3.07. The number of nitrogens with one attached hydrogen (secondary N) is 1. The zero-order valence-electron chi connectivity index (χ0n) is 14.1. The average Bonchev–Trinajstić information content (AvgIpc) is 3.16. The van der Waals surface area contributed by atoms with Crippen molar-refractivity contribution in [3.05, 3.63) is 59.7 Å². The van der Waals surface area contributed by atoms with Gasteiger partial charge in [0.25, 0.3) is 0 Å². The smallest absolute Gasteiger partial charge is 0.243 e. The molecule has 7 heteroatoms. The van der Waals surface area contributed by atoms with E-state index < -0.39 is 0 Å². The van der Waals surface area contributed by atoms with E-state index in [9.17, 15) is 0 Å². The van der Waals surface area contributed by atoms with Gasteiger partial charge in [-0.2, -0.15) is 0 Å². The van der Waals surface area contributed by atoms with Crippen LogP contribution in [0.5, 0.6) is 5.75 Å². The van der Waals surface area contributed by atoms with E-state index in [1.165, 1.54) is 16.0 Å². The van der Waals surface area contributed by atoms with Gasteiger partial charge in [-0.1, -0.05) is 29.4 Å². The summed E-state index contributed by atoms with van der Waals surface area (Å²) in [6.45, 7) is 0. The Bertz CT molecular complexity index is 864. The van der Waals surface area contributed by atoms with Crippen molar-refractivity contribution in [1.82, 2.24) is 20.2 Å². The number of rotatable bonds is 4. The lowest BCUT2D eigenvalue weighted by Crippen LogP contribution is -2.28. The number of fused-ring (bicyclic) bond motifs is 1. The highest BCUT2D eigenvalue weighted by molar-refractivity contribution is 7.98. The van der Waals surface area contributed by atoms with Gasteiger partial charge in [-0.05, 0) is 58.5 Å². The Labute approximate surface area is 150 Å². The highest BCUT2D eigenvalue weighted by Gasteiger charge is 2.30. The summed E-state index contributed by atoms with van der Waals surface area (Å²) in [5, 5.41) is 15.6. The number of aromatic nitrogens is 4. The first-order chi connectivity index (χ1) is 12.3. The van der Waals surface area contributed by atoms with Crippen LogP contribution in [0.25, 0.3) is 0 Å². The second-order valence-corrected chi connectivity index (χ2v) is 6.82. The largest absolute Gasteiger partial charge is 0.497 e. The minimum atomic E-state index is 0.0957. The average molecular weight is 353 g/mol. The zero-order valence-corrected chi connectivity index (χ0v) is 14.9. The second kappa shape index (κ2) is 6.76. The third-order valence-corrected chi connectivity index (χ3v) is 5.29. The summed E-state index contributed by atoms with van der Waals surface area (Å²) in [7, 11) is 1.68. The molecule has 0 fully saturated rings. The van der Waals surface area contributed by atoms with Gasteiger partial charge in [0.05, 0.1) is 19.2 Å². The normalized spacial score (nSPS) is 19.1. The third-order valence-electron chi connectivity index (χ3n) is 4.55.